The summed E-state index contributed by atoms with van der Waals surface area (Å²) in [5.41, 5.74) is 0. The summed E-state index contributed by atoms with van der Waals surface area (Å²) in [7, 11) is 0. The fraction of sp³-hybridized carbons (Fsp3) is 0.882. The Morgan fingerprint density at radius 2 is 1.40 bits per heavy atom. The zero-order valence-electron chi connectivity index (χ0n) is 13.4. The van der Waals surface area contributed by atoms with E-state index < -0.39 is 0 Å². The fourth-order valence-electron chi connectivity index (χ4n) is 2.51. The molecule has 0 bridgehead atoms. The highest BCUT2D eigenvalue weighted by atomic mass is 16.5. The van der Waals surface area contributed by atoms with Crippen molar-refractivity contribution < 1.29 is 14.3 Å². The van der Waals surface area contributed by atoms with Gasteiger partial charge in [-0.15, -0.1) is 0 Å². The number of hydrogen-bond donors (Lipinski definition) is 0. The van der Waals surface area contributed by atoms with Crippen molar-refractivity contribution in [2.75, 3.05) is 6.61 Å². The van der Waals surface area contributed by atoms with Crippen molar-refractivity contribution >= 4 is 12.3 Å². The minimum atomic E-state index is -0.0447. The van der Waals surface area contributed by atoms with Crippen LogP contribution in [0.15, 0.2) is 0 Å². The highest BCUT2D eigenvalue weighted by Gasteiger charge is 2.17. The van der Waals surface area contributed by atoms with Crippen LogP contribution in [0.1, 0.15) is 84.5 Å². The van der Waals surface area contributed by atoms with Crippen LogP contribution in [0.25, 0.3) is 0 Å². The number of unbranched alkanes of at least 4 members (excludes halogenated alkanes) is 7. The van der Waals surface area contributed by atoms with Crippen LogP contribution in [0.4, 0.5) is 0 Å². The number of rotatable bonds is 15. The molecule has 20 heavy (non-hydrogen) atoms. The van der Waals surface area contributed by atoms with Gasteiger partial charge in [-0.05, 0) is 12.8 Å². The van der Waals surface area contributed by atoms with Crippen molar-refractivity contribution in [3.8, 4) is 0 Å². The molecule has 3 heteroatoms. The van der Waals surface area contributed by atoms with Crippen LogP contribution in [-0.2, 0) is 14.3 Å². The Hall–Kier alpha value is -0.860. The summed E-state index contributed by atoms with van der Waals surface area (Å²) in [5, 5.41) is 0. The molecule has 0 fully saturated rings. The van der Waals surface area contributed by atoms with E-state index in [2.05, 4.69) is 18.6 Å². The predicted octanol–water partition coefficient (Wildman–Crippen LogP) is 4.68. The lowest BCUT2D eigenvalue weighted by Gasteiger charge is -2.15. The molecule has 0 amide bonds. The highest BCUT2D eigenvalue weighted by Crippen LogP contribution is 2.19. The molecular formula is C17H32O3. The maximum absolute atomic E-state index is 12.0. The minimum absolute atomic E-state index is 0.0447. The van der Waals surface area contributed by atoms with Crippen LogP contribution < -0.4 is 0 Å². The number of carbonyl (C=O) groups is 2. The first-order chi connectivity index (χ1) is 9.76. The normalized spacial score (nSPS) is 12.1. The standard InChI is InChI=1S/C17H32O3/c1-3-5-7-9-11-13-16(12-10-8-6-4-2)17(19)14-20-15-18/h15-16H,3-14H2,1-2H3. The first-order valence-electron chi connectivity index (χ1n) is 8.34. The molecule has 0 aliphatic heterocycles. The number of carbonyl (C=O) groups excluding carboxylic acids is 2. The van der Waals surface area contributed by atoms with Gasteiger partial charge in [0, 0.05) is 5.92 Å². The van der Waals surface area contributed by atoms with Crippen LogP contribution >= 0.6 is 0 Å². The molecule has 0 saturated carbocycles. The third-order valence-electron chi connectivity index (χ3n) is 3.81. The Labute approximate surface area is 124 Å². The second kappa shape index (κ2) is 14.5. The van der Waals surface area contributed by atoms with E-state index in [0.717, 1.165) is 25.7 Å². The second-order valence-corrected chi connectivity index (χ2v) is 5.62. The molecule has 0 aliphatic rings. The van der Waals surface area contributed by atoms with Gasteiger partial charge >= 0.3 is 0 Å². The van der Waals surface area contributed by atoms with E-state index in [0.29, 0.717) is 6.47 Å². The van der Waals surface area contributed by atoms with Crippen LogP contribution in [0, 0.1) is 5.92 Å². The van der Waals surface area contributed by atoms with E-state index in [1.807, 2.05) is 0 Å². The SMILES string of the molecule is CCCCCCCC(CCCCCC)C(=O)COC=O. The van der Waals surface area contributed by atoms with Gasteiger partial charge in [-0.3, -0.25) is 9.59 Å². The van der Waals surface area contributed by atoms with Gasteiger partial charge in [0.2, 0.25) is 0 Å². The lowest BCUT2D eigenvalue weighted by molar-refractivity contribution is -0.138. The van der Waals surface area contributed by atoms with Crippen molar-refractivity contribution in [3.63, 3.8) is 0 Å². The maximum atomic E-state index is 12.0. The van der Waals surface area contributed by atoms with E-state index in [1.165, 1.54) is 44.9 Å². The summed E-state index contributed by atoms with van der Waals surface area (Å²) in [6.45, 7) is 4.72. The van der Waals surface area contributed by atoms with Crippen molar-refractivity contribution in [2.45, 2.75) is 84.5 Å². The Morgan fingerprint density at radius 3 is 1.90 bits per heavy atom. The summed E-state index contributed by atoms with van der Waals surface area (Å²) >= 11 is 0. The monoisotopic (exact) mass is 284 g/mol. The van der Waals surface area contributed by atoms with Crippen LogP contribution in [0.3, 0.4) is 0 Å². The van der Waals surface area contributed by atoms with Gasteiger partial charge in [-0.1, -0.05) is 71.6 Å². The molecule has 0 saturated heterocycles. The van der Waals surface area contributed by atoms with Crippen LogP contribution in [-0.4, -0.2) is 18.9 Å². The Bertz CT molecular complexity index is 238. The molecule has 1 atom stereocenters. The molecule has 3 nitrogen and oxygen atoms in total. The predicted molar refractivity (Wildman–Crippen MR) is 82.6 cm³/mol. The fourth-order valence-corrected chi connectivity index (χ4v) is 2.51. The third-order valence-corrected chi connectivity index (χ3v) is 3.81. The quantitative estimate of drug-likeness (QED) is 0.324. The molecular weight excluding hydrogens is 252 g/mol. The third kappa shape index (κ3) is 11.0. The number of ketones is 1. The Morgan fingerprint density at radius 1 is 0.900 bits per heavy atom. The maximum Gasteiger partial charge on any atom is 0.293 e. The number of ether oxygens (including phenoxy) is 1. The lowest BCUT2D eigenvalue weighted by atomic mass is 9.91. The number of Topliss-reactive ketones (excluding diaryl/α,β-unsaturated/α-hetero) is 1. The zero-order valence-corrected chi connectivity index (χ0v) is 13.4. The van der Waals surface area contributed by atoms with E-state index in [-0.39, 0.29) is 18.3 Å². The van der Waals surface area contributed by atoms with Crippen LogP contribution in [0.2, 0.25) is 0 Å². The average Bonchev–Trinajstić information content (AvgIpc) is 2.46. The highest BCUT2D eigenvalue weighted by molar-refractivity contribution is 5.82. The topological polar surface area (TPSA) is 43.4 Å². The van der Waals surface area contributed by atoms with Gasteiger partial charge in [-0.25, -0.2) is 0 Å². The van der Waals surface area contributed by atoms with Crippen molar-refractivity contribution in [1.82, 2.24) is 0 Å². The molecule has 0 aromatic carbocycles. The molecule has 0 spiro atoms. The first kappa shape index (κ1) is 19.1. The summed E-state index contributed by atoms with van der Waals surface area (Å²) in [6, 6.07) is 0. The molecule has 0 aliphatic carbocycles. The molecule has 0 aromatic heterocycles. The van der Waals surface area contributed by atoms with Crippen LogP contribution in [0.5, 0.6) is 0 Å². The largest absolute Gasteiger partial charge is 0.460 e. The van der Waals surface area contributed by atoms with E-state index in [9.17, 15) is 9.59 Å². The average molecular weight is 284 g/mol. The molecule has 0 radical (unpaired) electrons. The minimum Gasteiger partial charge on any atom is -0.460 e. The zero-order chi connectivity index (χ0) is 15.1. The Balaban J connectivity index is 3.96. The van der Waals surface area contributed by atoms with Crippen molar-refractivity contribution in [1.29, 1.82) is 0 Å². The summed E-state index contributed by atoms with van der Waals surface area (Å²) in [6.07, 6.45) is 12.8. The smallest absolute Gasteiger partial charge is 0.293 e. The molecule has 0 N–H and O–H groups in total. The van der Waals surface area contributed by atoms with Crippen molar-refractivity contribution in [3.05, 3.63) is 0 Å². The molecule has 118 valence electrons. The molecule has 1 unspecified atom stereocenters. The van der Waals surface area contributed by atoms with Gasteiger partial charge in [0.15, 0.2) is 5.78 Å². The van der Waals surface area contributed by atoms with Gasteiger partial charge in [0.05, 0.1) is 0 Å². The van der Waals surface area contributed by atoms with E-state index >= 15 is 0 Å². The Kier molecular flexibility index (Phi) is 13.9. The first-order valence-corrected chi connectivity index (χ1v) is 8.34. The van der Waals surface area contributed by atoms with Gasteiger partial charge in [-0.2, -0.15) is 0 Å². The second-order valence-electron chi connectivity index (χ2n) is 5.62. The molecule has 0 heterocycles. The summed E-state index contributed by atoms with van der Waals surface area (Å²) in [4.78, 5) is 22.2. The van der Waals surface area contributed by atoms with Gasteiger partial charge in [0.1, 0.15) is 6.61 Å². The molecule has 0 aromatic rings. The van der Waals surface area contributed by atoms with Gasteiger partial charge < -0.3 is 4.74 Å². The van der Waals surface area contributed by atoms with Crippen molar-refractivity contribution in [2.24, 2.45) is 5.92 Å². The molecule has 0 rings (SSSR count). The number of hydrogen-bond acceptors (Lipinski definition) is 3. The summed E-state index contributed by atoms with van der Waals surface area (Å²) < 4.78 is 4.62. The lowest BCUT2D eigenvalue weighted by Crippen LogP contribution is -2.20. The van der Waals surface area contributed by atoms with Gasteiger partial charge in [0.25, 0.3) is 6.47 Å². The summed E-state index contributed by atoms with van der Waals surface area (Å²) in [5.74, 6) is 0.192. The van der Waals surface area contributed by atoms with E-state index in [1.54, 1.807) is 0 Å². The van der Waals surface area contributed by atoms with E-state index in [4.69, 9.17) is 0 Å².